The van der Waals surface area contributed by atoms with E-state index < -0.39 is 10.0 Å². The molecule has 2 heterocycles. The SMILES string of the molecule is NNc1ncc(S(=O)(=O)N2CCCC2CCCO)cn1. The predicted octanol–water partition coefficient (Wildman–Crippen LogP) is -0.312. The number of nitrogens with zero attached hydrogens (tertiary/aromatic N) is 3. The van der Waals surface area contributed by atoms with Crippen molar-refractivity contribution < 1.29 is 13.5 Å². The normalized spacial score (nSPS) is 20.2. The summed E-state index contributed by atoms with van der Waals surface area (Å²) in [6, 6.07) is -0.0561. The van der Waals surface area contributed by atoms with Crippen LogP contribution in [0.5, 0.6) is 0 Å². The molecule has 0 aliphatic carbocycles. The standard InChI is InChI=1S/C11H19N5O3S/c12-15-11-13-7-10(8-14-11)20(18,19)16-5-1-3-9(16)4-2-6-17/h7-9,17H,1-6,12H2,(H,13,14,15). The van der Waals surface area contributed by atoms with E-state index in [-0.39, 0.29) is 23.5 Å². The molecule has 0 aromatic carbocycles. The number of aliphatic hydroxyl groups excluding tert-OH is 1. The summed E-state index contributed by atoms with van der Waals surface area (Å²) < 4.78 is 26.6. The Labute approximate surface area is 118 Å². The summed E-state index contributed by atoms with van der Waals surface area (Å²) in [7, 11) is -3.59. The monoisotopic (exact) mass is 301 g/mol. The fraction of sp³-hybridized carbons (Fsp3) is 0.636. The maximum absolute atomic E-state index is 12.5. The Morgan fingerprint density at radius 2 is 2.15 bits per heavy atom. The summed E-state index contributed by atoms with van der Waals surface area (Å²) in [6.07, 6.45) is 5.42. The summed E-state index contributed by atoms with van der Waals surface area (Å²) in [6.45, 7) is 0.569. The first kappa shape index (κ1) is 15.1. The topological polar surface area (TPSA) is 121 Å². The molecule has 1 aromatic heterocycles. The lowest BCUT2D eigenvalue weighted by Crippen LogP contribution is -2.35. The van der Waals surface area contributed by atoms with E-state index in [9.17, 15) is 8.42 Å². The van der Waals surface area contributed by atoms with Crippen molar-refractivity contribution in [1.29, 1.82) is 0 Å². The molecule has 1 fully saturated rings. The van der Waals surface area contributed by atoms with E-state index in [1.54, 1.807) is 0 Å². The van der Waals surface area contributed by atoms with Crippen LogP contribution in [-0.2, 0) is 10.0 Å². The van der Waals surface area contributed by atoms with Crippen LogP contribution in [0.4, 0.5) is 5.95 Å². The highest BCUT2D eigenvalue weighted by molar-refractivity contribution is 7.89. The third-order valence-electron chi connectivity index (χ3n) is 3.38. The van der Waals surface area contributed by atoms with Gasteiger partial charge in [-0.15, -0.1) is 0 Å². The maximum atomic E-state index is 12.5. The molecule has 8 nitrogen and oxygen atoms in total. The van der Waals surface area contributed by atoms with Gasteiger partial charge < -0.3 is 5.11 Å². The molecule has 9 heteroatoms. The van der Waals surface area contributed by atoms with Crippen molar-refractivity contribution >= 4 is 16.0 Å². The predicted molar refractivity (Wildman–Crippen MR) is 73.1 cm³/mol. The molecule has 0 amide bonds. The molecule has 1 saturated heterocycles. The number of aliphatic hydroxyl groups is 1. The van der Waals surface area contributed by atoms with Crippen LogP contribution in [0.1, 0.15) is 25.7 Å². The van der Waals surface area contributed by atoms with Crippen LogP contribution in [0.25, 0.3) is 0 Å². The molecule has 112 valence electrons. The number of rotatable bonds is 6. The minimum absolute atomic E-state index is 0.0561. The number of nitrogens with one attached hydrogen (secondary N) is 1. The molecule has 1 aliphatic heterocycles. The molecule has 0 radical (unpaired) electrons. The molecule has 1 aromatic rings. The Morgan fingerprint density at radius 3 is 2.75 bits per heavy atom. The number of anilines is 1. The number of sulfonamides is 1. The molecular weight excluding hydrogens is 282 g/mol. The highest BCUT2D eigenvalue weighted by atomic mass is 32.2. The average Bonchev–Trinajstić information content (AvgIpc) is 2.94. The van der Waals surface area contributed by atoms with E-state index in [4.69, 9.17) is 10.9 Å². The van der Waals surface area contributed by atoms with Crippen LogP contribution in [-0.4, -0.2) is 47.0 Å². The largest absolute Gasteiger partial charge is 0.396 e. The molecule has 0 bridgehead atoms. The zero-order valence-corrected chi connectivity index (χ0v) is 11.9. The molecule has 1 aliphatic rings. The first-order chi connectivity index (χ1) is 9.59. The van der Waals surface area contributed by atoms with Crippen molar-refractivity contribution in [1.82, 2.24) is 14.3 Å². The van der Waals surface area contributed by atoms with Gasteiger partial charge in [0.05, 0.1) is 12.4 Å². The van der Waals surface area contributed by atoms with E-state index in [1.165, 1.54) is 16.7 Å². The fourth-order valence-corrected chi connectivity index (χ4v) is 4.02. The van der Waals surface area contributed by atoms with E-state index >= 15 is 0 Å². The Hall–Kier alpha value is -1.29. The van der Waals surface area contributed by atoms with Gasteiger partial charge in [-0.05, 0) is 25.7 Å². The zero-order chi connectivity index (χ0) is 14.6. The molecule has 1 atom stereocenters. The first-order valence-corrected chi connectivity index (χ1v) is 7.95. The number of nitrogens with two attached hydrogens (primary N) is 1. The van der Waals surface area contributed by atoms with Gasteiger partial charge in [0, 0.05) is 19.2 Å². The number of nitrogen functional groups attached to an aromatic ring is 1. The lowest BCUT2D eigenvalue weighted by atomic mass is 10.1. The van der Waals surface area contributed by atoms with Gasteiger partial charge in [0.25, 0.3) is 0 Å². The van der Waals surface area contributed by atoms with Crippen molar-refractivity contribution in [2.45, 2.75) is 36.6 Å². The van der Waals surface area contributed by atoms with Crippen LogP contribution in [0.3, 0.4) is 0 Å². The van der Waals surface area contributed by atoms with Gasteiger partial charge in [0.1, 0.15) is 4.90 Å². The van der Waals surface area contributed by atoms with Gasteiger partial charge in [0.2, 0.25) is 16.0 Å². The lowest BCUT2D eigenvalue weighted by Gasteiger charge is -2.23. The second-order valence-corrected chi connectivity index (χ2v) is 6.55. The third-order valence-corrected chi connectivity index (χ3v) is 5.29. The summed E-state index contributed by atoms with van der Waals surface area (Å²) in [5, 5.41) is 8.88. The van der Waals surface area contributed by atoms with Gasteiger partial charge >= 0.3 is 0 Å². The van der Waals surface area contributed by atoms with Gasteiger partial charge in [-0.2, -0.15) is 4.31 Å². The van der Waals surface area contributed by atoms with Gasteiger partial charge in [-0.25, -0.2) is 24.2 Å². The Morgan fingerprint density at radius 1 is 1.45 bits per heavy atom. The van der Waals surface area contributed by atoms with Gasteiger partial charge in [-0.1, -0.05) is 0 Å². The quantitative estimate of drug-likeness (QED) is 0.486. The minimum Gasteiger partial charge on any atom is -0.396 e. The molecule has 0 spiro atoms. The van der Waals surface area contributed by atoms with E-state index in [0.29, 0.717) is 19.4 Å². The van der Waals surface area contributed by atoms with E-state index in [1.807, 2.05) is 0 Å². The highest BCUT2D eigenvalue weighted by Gasteiger charge is 2.35. The van der Waals surface area contributed by atoms with E-state index in [2.05, 4.69) is 15.4 Å². The summed E-state index contributed by atoms with van der Waals surface area (Å²) in [5.41, 5.74) is 2.25. The van der Waals surface area contributed by atoms with Crippen LogP contribution in [0.2, 0.25) is 0 Å². The summed E-state index contributed by atoms with van der Waals surface area (Å²) in [4.78, 5) is 7.72. The summed E-state index contributed by atoms with van der Waals surface area (Å²) in [5.74, 6) is 5.32. The van der Waals surface area contributed by atoms with Crippen molar-refractivity contribution in [2.24, 2.45) is 5.84 Å². The van der Waals surface area contributed by atoms with Crippen LogP contribution < -0.4 is 11.3 Å². The van der Waals surface area contributed by atoms with Crippen molar-refractivity contribution in [3.63, 3.8) is 0 Å². The van der Waals surface area contributed by atoms with Crippen LogP contribution in [0.15, 0.2) is 17.3 Å². The van der Waals surface area contributed by atoms with Crippen LogP contribution >= 0.6 is 0 Å². The highest BCUT2D eigenvalue weighted by Crippen LogP contribution is 2.28. The van der Waals surface area contributed by atoms with Crippen LogP contribution in [0, 0.1) is 0 Å². The molecule has 20 heavy (non-hydrogen) atoms. The average molecular weight is 301 g/mol. The Bertz CT molecular complexity index is 533. The second kappa shape index (κ2) is 6.44. The van der Waals surface area contributed by atoms with Crippen molar-refractivity contribution in [2.75, 3.05) is 18.6 Å². The minimum atomic E-state index is -3.59. The maximum Gasteiger partial charge on any atom is 0.246 e. The lowest BCUT2D eigenvalue weighted by molar-refractivity contribution is 0.264. The second-order valence-electron chi connectivity index (χ2n) is 4.66. The number of hydrogen-bond donors (Lipinski definition) is 3. The fourth-order valence-electron chi connectivity index (χ4n) is 2.40. The number of hydrogen-bond acceptors (Lipinski definition) is 7. The smallest absolute Gasteiger partial charge is 0.246 e. The number of aromatic nitrogens is 2. The third kappa shape index (κ3) is 3.06. The molecule has 2 rings (SSSR count). The van der Waals surface area contributed by atoms with Gasteiger partial charge in [0.15, 0.2) is 0 Å². The molecular formula is C11H19N5O3S. The Balaban J connectivity index is 2.19. The van der Waals surface area contributed by atoms with Crippen molar-refractivity contribution in [3.05, 3.63) is 12.4 Å². The molecule has 4 N–H and O–H groups in total. The number of hydrazine groups is 1. The molecule has 1 unspecified atom stereocenters. The van der Waals surface area contributed by atoms with Crippen molar-refractivity contribution in [3.8, 4) is 0 Å². The zero-order valence-electron chi connectivity index (χ0n) is 11.1. The molecule has 0 saturated carbocycles. The first-order valence-electron chi connectivity index (χ1n) is 6.51. The van der Waals surface area contributed by atoms with Gasteiger partial charge in [-0.3, -0.25) is 5.43 Å². The van der Waals surface area contributed by atoms with E-state index in [0.717, 1.165) is 12.8 Å². The summed E-state index contributed by atoms with van der Waals surface area (Å²) >= 11 is 0. The Kier molecular flexibility index (Phi) is 4.86.